The fourth-order valence-electron chi connectivity index (χ4n) is 2.02. The summed E-state index contributed by atoms with van der Waals surface area (Å²) in [7, 11) is -3.04. The van der Waals surface area contributed by atoms with Crippen LogP contribution in [0.15, 0.2) is 24.4 Å². The third-order valence-corrected chi connectivity index (χ3v) is 5.07. The van der Waals surface area contributed by atoms with Crippen LogP contribution in [0, 0.1) is 0 Å². The number of carboxylic acids is 1. The standard InChI is InChI=1S/C12H10ClN3O5S/c13-8-2-1-3-14-11(8)16-9(12(17)18)4-10(15-16)21-7-5-22(19,20)6-7/h1-4,7H,5-6H2,(H,17,18). The summed E-state index contributed by atoms with van der Waals surface area (Å²) in [6.07, 6.45) is 0.933. The summed E-state index contributed by atoms with van der Waals surface area (Å²) in [5.74, 6) is -1.28. The number of aromatic nitrogens is 3. The van der Waals surface area contributed by atoms with E-state index in [-0.39, 0.29) is 33.9 Å². The first-order valence-corrected chi connectivity index (χ1v) is 8.37. The molecule has 1 aliphatic rings. The van der Waals surface area contributed by atoms with E-state index < -0.39 is 21.9 Å². The average molecular weight is 344 g/mol. The number of nitrogens with zero attached hydrogens (tertiary/aromatic N) is 3. The van der Waals surface area contributed by atoms with Crippen molar-refractivity contribution >= 4 is 27.4 Å². The average Bonchev–Trinajstić information content (AvgIpc) is 2.81. The fourth-order valence-corrected chi connectivity index (χ4v) is 3.39. The van der Waals surface area contributed by atoms with E-state index in [1.54, 1.807) is 12.1 Å². The van der Waals surface area contributed by atoms with Gasteiger partial charge in [0.05, 0.1) is 16.5 Å². The van der Waals surface area contributed by atoms with Gasteiger partial charge in [0.1, 0.15) is 6.10 Å². The normalized spacial score (nSPS) is 17.0. The largest absolute Gasteiger partial charge is 0.477 e. The van der Waals surface area contributed by atoms with E-state index in [0.717, 1.165) is 4.68 Å². The van der Waals surface area contributed by atoms with E-state index in [2.05, 4.69) is 10.1 Å². The maximum atomic E-state index is 11.3. The molecule has 0 saturated carbocycles. The maximum Gasteiger partial charge on any atom is 0.354 e. The van der Waals surface area contributed by atoms with Crippen LogP contribution in [0.4, 0.5) is 0 Å². The number of pyridine rings is 1. The van der Waals surface area contributed by atoms with Gasteiger partial charge in [0, 0.05) is 12.3 Å². The smallest absolute Gasteiger partial charge is 0.354 e. The molecule has 0 atom stereocenters. The minimum atomic E-state index is -3.04. The van der Waals surface area contributed by atoms with Crippen LogP contribution in [0.25, 0.3) is 5.82 Å². The Hall–Kier alpha value is -2.13. The van der Waals surface area contributed by atoms with Crippen molar-refractivity contribution in [3.05, 3.63) is 35.1 Å². The van der Waals surface area contributed by atoms with Gasteiger partial charge in [0.2, 0.25) is 5.88 Å². The van der Waals surface area contributed by atoms with Crippen molar-refractivity contribution in [1.29, 1.82) is 0 Å². The zero-order chi connectivity index (χ0) is 15.9. The molecule has 3 rings (SSSR count). The van der Waals surface area contributed by atoms with Crippen molar-refractivity contribution in [2.24, 2.45) is 0 Å². The van der Waals surface area contributed by atoms with Crippen molar-refractivity contribution in [3.63, 3.8) is 0 Å². The van der Waals surface area contributed by atoms with Gasteiger partial charge >= 0.3 is 5.97 Å². The number of carboxylic acid groups (broad SMARTS) is 1. The Morgan fingerprint density at radius 2 is 2.18 bits per heavy atom. The van der Waals surface area contributed by atoms with Gasteiger partial charge in [-0.1, -0.05) is 11.6 Å². The van der Waals surface area contributed by atoms with Crippen LogP contribution >= 0.6 is 11.6 Å². The molecule has 2 aromatic heterocycles. The maximum absolute atomic E-state index is 11.3. The molecular formula is C12H10ClN3O5S. The van der Waals surface area contributed by atoms with E-state index in [9.17, 15) is 18.3 Å². The van der Waals surface area contributed by atoms with Crippen LogP contribution in [0.2, 0.25) is 5.02 Å². The van der Waals surface area contributed by atoms with Gasteiger partial charge in [-0.15, -0.1) is 5.10 Å². The lowest BCUT2D eigenvalue weighted by atomic mass is 10.4. The number of ether oxygens (including phenoxy) is 1. The Morgan fingerprint density at radius 3 is 2.77 bits per heavy atom. The highest BCUT2D eigenvalue weighted by Gasteiger charge is 2.36. The summed E-state index contributed by atoms with van der Waals surface area (Å²) in [6.45, 7) is 0. The number of rotatable bonds is 4. The molecule has 8 nitrogen and oxygen atoms in total. The van der Waals surface area contributed by atoms with Crippen molar-refractivity contribution in [2.75, 3.05) is 11.5 Å². The molecule has 116 valence electrons. The van der Waals surface area contributed by atoms with Crippen LogP contribution in [0.3, 0.4) is 0 Å². The molecule has 0 amide bonds. The highest BCUT2D eigenvalue weighted by Crippen LogP contribution is 2.24. The molecule has 0 radical (unpaired) electrons. The molecule has 0 unspecified atom stereocenters. The lowest BCUT2D eigenvalue weighted by molar-refractivity contribution is 0.0686. The third-order valence-electron chi connectivity index (χ3n) is 3.01. The van der Waals surface area contributed by atoms with Crippen molar-refractivity contribution < 1.29 is 23.1 Å². The second-order valence-corrected chi connectivity index (χ2v) is 7.27. The highest BCUT2D eigenvalue weighted by atomic mass is 35.5. The molecule has 22 heavy (non-hydrogen) atoms. The van der Waals surface area contributed by atoms with Crippen molar-refractivity contribution in [1.82, 2.24) is 14.8 Å². The van der Waals surface area contributed by atoms with Crippen molar-refractivity contribution in [2.45, 2.75) is 6.10 Å². The van der Waals surface area contributed by atoms with Crippen LogP contribution in [0.5, 0.6) is 5.88 Å². The number of aromatic carboxylic acids is 1. The summed E-state index contributed by atoms with van der Waals surface area (Å²) in [5.41, 5.74) is -0.183. The monoisotopic (exact) mass is 343 g/mol. The predicted octanol–water partition coefficient (Wildman–Crippen LogP) is 0.795. The van der Waals surface area contributed by atoms with Crippen LogP contribution < -0.4 is 4.74 Å². The highest BCUT2D eigenvalue weighted by molar-refractivity contribution is 7.92. The van der Waals surface area contributed by atoms with Crippen LogP contribution in [-0.4, -0.2) is 51.9 Å². The molecule has 1 fully saturated rings. The number of hydrogen-bond donors (Lipinski definition) is 1. The lowest BCUT2D eigenvalue weighted by Gasteiger charge is -2.25. The molecule has 1 aliphatic heterocycles. The molecule has 10 heteroatoms. The van der Waals surface area contributed by atoms with Gasteiger partial charge in [0.15, 0.2) is 21.3 Å². The zero-order valence-electron chi connectivity index (χ0n) is 11.0. The topological polar surface area (TPSA) is 111 Å². The van der Waals surface area contributed by atoms with Crippen LogP contribution in [0.1, 0.15) is 10.5 Å². The van der Waals surface area contributed by atoms with Gasteiger partial charge in [-0.25, -0.2) is 22.9 Å². The van der Waals surface area contributed by atoms with E-state index >= 15 is 0 Å². The molecule has 1 saturated heterocycles. The third kappa shape index (κ3) is 2.77. The molecule has 2 aromatic rings. The SMILES string of the molecule is O=C(O)c1cc(OC2CS(=O)(=O)C2)nn1-c1ncccc1Cl. The Bertz CT molecular complexity index is 836. The Labute approximate surface area is 130 Å². The molecule has 0 spiro atoms. The Kier molecular flexibility index (Phi) is 3.53. The first-order valence-electron chi connectivity index (χ1n) is 6.17. The van der Waals surface area contributed by atoms with Gasteiger partial charge in [-0.05, 0) is 12.1 Å². The van der Waals surface area contributed by atoms with Gasteiger partial charge in [-0.3, -0.25) is 0 Å². The molecule has 0 aliphatic carbocycles. The second kappa shape index (κ2) is 5.25. The molecule has 0 bridgehead atoms. The predicted molar refractivity (Wildman–Crippen MR) is 76.4 cm³/mol. The Balaban J connectivity index is 1.93. The summed E-state index contributed by atoms with van der Waals surface area (Å²) < 4.78 is 28.6. The molecular weight excluding hydrogens is 334 g/mol. The molecule has 0 aromatic carbocycles. The number of carbonyl (C=O) groups is 1. The van der Waals surface area contributed by atoms with E-state index in [1.165, 1.54) is 12.3 Å². The molecule has 1 N–H and O–H groups in total. The minimum Gasteiger partial charge on any atom is -0.477 e. The summed E-state index contributed by atoms with van der Waals surface area (Å²) >= 11 is 5.99. The lowest BCUT2D eigenvalue weighted by Crippen LogP contribution is -2.45. The van der Waals surface area contributed by atoms with E-state index in [1.807, 2.05) is 0 Å². The van der Waals surface area contributed by atoms with E-state index in [0.29, 0.717) is 0 Å². The first-order chi connectivity index (χ1) is 10.4. The second-order valence-electron chi connectivity index (χ2n) is 4.71. The summed E-state index contributed by atoms with van der Waals surface area (Å²) in [4.78, 5) is 15.3. The summed E-state index contributed by atoms with van der Waals surface area (Å²) in [5, 5.41) is 13.5. The van der Waals surface area contributed by atoms with Gasteiger partial charge in [-0.2, -0.15) is 0 Å². The first kappa shape index (κ1) is 14.8. The Morgan fingerprint density at radius 1 is 1.45 bits per heavy atom. The number of hydrogen-bond acceptors (Lipinski definition) is 6. The quantitative estimate of drug-likeness (QED) is 0.873. The van der Waals surface area contributed by atoms with E-state index in [4.69, 9.17) is 16.3 Å². The number of halogens is 1. The minimum absolute atomic E-state index is 0.0130. The van der Waals surface area contributed by atoms with Gasteiger partial charge < -0.3 is 9.84 Å². The fraction of sp³-hybridized carbons (Fsp3) is 0.250. The number of sulfone groups is 1. The van der Waals surface area contributed by atoms with Crippen LogP contribution in [-0.2, 0) is 9.84 Å². The zero-order valence-corrected chi connectivity index (χ0v) is 12.6. The van der Waals surface area contributed by atoms with Crippen molar-refractivity contribution in [3.8, 4) is 11.7 Å². The van der Waals surface area contributed by atoms with Gasteiger partial charge in [0.25, 0.3) is 0 Å². The summed E-state index contributed by atoms with van der Waals surface area (Å²) in [6, 6.07) is 4.36. The molecule has 3 heterocycles.